The minimum absolute atomic E-state index is 0.0755. The van der Waals surface area contributed by atoms with E-state index in [1.54, 1.807) is 6.20 Å². The fourth-order valence-electron chi connectivity index (χ4n) is 4.00. The Bertz CT molecular complexity index is 1080. The second-order valence-electron chi connectivity index (χ2n) is 7.99. The van der Waals surface area contributed by atoms with Gasteiger partial charge in [0.15, 0.2) is 5.78 Å². The van der Waals surface area contributed by atoms with E-state index in [1.165, 1.54) is 5.56 Å². The first-order chi connectivity index (χ1) is 15.6. The second kappa shape index (κ2) is 9.86. The lowest BCUT2D eigenvalue weighted by molar-refractivity contribution is 0.0978. The smallest absolute Gasteiger partial charge is 0.247 e. The molecule has 0 aliphatic carbocycles. The number of Topliss-reactive ketones (excluding diaryl/α,β-unsaturated/α-hetero) is 1. The van der Waals surface area contributed by atoms with E-state index in [-0.39, 0.29) is 11.7 Å². The number of anilines is 2. The summed E-state index contributed by atoms with van der Waals surface area (Å²) >= 11 is 0. The zero-order chi connectivity index (χ0) is 22.5. The summed E-state index contributed by atoms with van der Waals surface area (Å²) in [6.45, 7) is 4.03. The highest BCUT2D eigenvalue weighted by atomic mass is 16.4. The van der Waals surface area contributed by atoms with Crippen LogP contribution in [0.15, 0.2) is 34.9 Å². The molecule has 9 heteroatoms. The predicted molar refractivity (Wildman–Crippen MR) is 123 cm³/mol. The van der Waals surface area contributed by atoms with Gasteiger partial charge in [0.05, 0.1) is 12.1 Å². The Kier molecular flexibility index (Phi) is 6.75. The number of carbonyl (C=O) groups excluding carboxylic acids is 1. The molecule has 2 aromatic heterocycles. The lowest BCUT2D eigenvalue weighted by Crippen LogP contribution is -2.23. The molecular weight excluding hydrogens is 406 g/mol. The maximum Gasteiger partial charge on any atom is 0.247 e. The van der Waals surface area contributed by atoms with E-state index in [9.17, 15) is 4.79 Å². The molecule has 0 spiro atoms. The van der Waals surface area contributed by atoms with Crippen LogP contribution in [0.3, 0.4) is 0 Å². The molecule has 0 saturated heterocycles. The third kappa shape index (κ3) is 4.77. The molecule has 0 bridgehead atoms. The third-order valence-electron chi connectivity index (χ3n) is 5.70. The van der Waals surface area contributed by atoms with Gasteiger partial charge in [0.2, 0.25) is 17.7 Å². The van der Waals surface area contributed by atoms with Gasteiger partial charge in [-0.15, -0.1) is 10.2 Å². The van der Waals surface area contributed by atoms with Crippen molar-refractivity contribution < 1.29 is 9.21 Å². The van der Waals surface area contributed by atoms with Gasteiger partial charge in [0.1, 0.15) is 5.82 Å². The van der Waals surface area contributed by atoms with Crippen LogP contribution in [0.2, 0.25) is 0 Å². The number of fused-ring (bicyclic) bond motifs is 1. The highest BCUT2D eigenvalue weighted by Crippen LogP contribution is 2.32. The third-order valence-corrected chi connectivity index (χ3v) is 5.70. The molecule has 1 aromatic carbocycles. The summed E-state index contributed by atoms with van der Waals surface area (Å²) in [4.78, 5) is 24.0. The molecule has 2 N–H and O–H groups in total. The Labute approximate surface area is 187 Å². The molecule has 1 aliphatic rings. The quantitative estimate of drug-likeness (QED) is 0.603. The van der Waals surface area contributed by atoms with Gasteiger partial charge in [-0.25, -0.2) is 4.98 Å². The number of carbonyl (C=O) groups is 1. The summed E-state index contributed by atoms with van der Waals surface area (Å²) in [5, 5.41) is 14.4. The van der Waals surface area contributed by atoms with Crippen LogP contribution < -0.4 is 15.5 Å². The monoisotopic (exact) mass is 435 g/mol. The van der Waals surface area contributed by atoms with Gasteiger partial charge in [-0.2, -0.15) is 4.98 Å². The van der Waals surface area contributed by atoms with Crippen LogP contribution in [0.4, 0.5) is 11.8 Å². The highest BCUT2D eigenvalue weighted by Gasteiger charge is 2.24. The summed E-state index contributed by atoms with van der Waals surface area (Å²) in [7, 11) is 3.82. The lowest BCUT2D eigenvalue weighted by Gasteiger charge is -2.22. The number of hydrogen-bond acceptors (Lipinski definition) is 9. The molecule has 0 amide bonds. The number of hydrogen-bond donors (Lipinski definition) is 2. The van der Waals surface area contributed by atoms with E-state index in [4.69, 9.17) is 4.42 Å². The zero-order valence-electron chi connectivity index (χ0n) is 18.8. The van der Waals surface area contributed by atoms with Crippen molar-refractivity contribution in [1.29, 1.82) is 0 Å². The van der Waals surface area contributed by atoms with Crippen molar-refractivity contribution in [3.63, 3.8) is 0 Å². The van der Waals surface area contributed by atoms with E-state index in [0.29, 0.717) is 42.1 Å². The SMILES string of the molecule is CCNc1ncc2c(n1)N(C)CCC(c1cccc(-c3nnc(CNC)o3)c1)CCC2=O. The molecule has 9 nitrogen and oxygen atoms in total. The molecule has 1 aliphatic heterocycles. The van der Waals surface area contributed by atoms with Crippen molar-refractivity contribution in [1.82, 2.24) is 25.5 Å². The van der Waals surface area contributed by atoms with Gasteiger partial charge < -0.3 is 20.0 Å². The van der Waals surface area contributed by atoms with Crippen molar-refractivity contribution in [3.05, 3.63) is 47.5 Å². The van der Waals surface area contributed by atoms with Crippen molar-refractivity contribution in [2.24, 2.45) is 0 Å². The summed E-state index contributed by atoms with van der Waals surface area (Å²) < 4.78 is 5.76. The van der Waals surface area contributed by atoms with Crippen LogP contribution in [0.25, 0.3) is 11.5 Å². The number of nitrogens with one attached hydrogen (secondary N) is 2. The molecule has 0 radical (unpaired) electrons. The molecule has 32 heavy (non-hydrogen) atoms. The van der Waals surface area contributed by atoms with E-state index >= 15 is 0 Å². The molecule has 3 heterocycles. The first-order valence-electron chi connectivity index (χ1n) is 11.0. The van der Waals surface area contributed by atoms with Gasteiger partial charge >= 0.3 is 0 Å². The normalized spacial score (nSPS) is 16.8. The van der Waals surface area contributed by atoms with Crippen molar-refractivity contribution in [3.8, 4) is 11.5 Å². The molecule has 1 atom stereocenters. The van der Waals surface area contributed by atoms with Gasteiger partial charge in [-0.1, -0.05) is 12.1 Å². The lowest BCUT2D eigenvalue weighted by atomic mass is 9.89. The van der Waals surface area contributed by atoms with Crippen LogP contribution >= 0.6 is 0 Å². The Morgan fingerprint density at radius 2 is 2.12 bits per heavy atom. The number of nitrogens with zero attached hydrogens (tertiary/aromatic N) is 5. The van der Waals surface area contributed by atoms with Crippen LogP contribution in [0.5, 0.6) is 0 Å². The minimum atomic E-state index is 0.0755. The first kappa shape index (κ1) is 21.9. The Balaban J connectivity index is 1.57. The minimum Gasteiger partial charge on any atom is -0.419 e. The molecule has 0 fully saturated rings. The maximum absolute atomic E-state index is 13.0. The number of aromatic nitrogens is 4. The van der Waals surface area contributed by atoms with E-state index in [2.05, 4.69) is 47.8 Å². The molecule has 4 rings (SSSR count). The van der Waals surface area contributed by atoms with Gasteiger partial charge in [0, 0.05) is 38.3 Å². The topological polar surface area (TPSA) is 109 Å². The Hall–Kier alpha value is -3.33. The summed E-state index contributed by atoms with van der Waals surface area (Å²) in [5.41, 5.74) is 2.65. The molecular formula is C23H29N7O2. The van der Waals surface area contributed by atoms with E-state index in [1.807, 2.05) is 33.2 Å². The summed E-state index contributed by atoms with van der Waals surface area (Å²) in [6.07, 6.45) is 3.77. The second-order valence-corrected chi connectivity index (χ2v) is 7.99. The molecule has 3 aromatic rings. The van der Waals surface area contributed by atoms with Crippen LogP contribution in [0, 0.1) is 0 Å². The van der Waals surface area contributed by atoms with Gasteiger partial charge in [-0.3, -0.25) is 4.79 Å². The molecule has 1 unspecified atom stereocenters. The van der Waals surface area contributed by atoms with Crippen LogP contribution in [0.1, 0.15) is 53.9 Å². The summed E-state index contributed by atoms with van der Waals surface area (Å²) in [6, 6.07) is 8.19. The van der Waals surface area contributed by atoms with E-state index < -0.39 is 0 Å². The molecule has 0 saturated carbocycles. The standard InChI is InChI=1S/C23H29N7O2/c1-4-25-23-26-13-18-19(31)9-8-15(10-11-30(3)21(18)27-23)16-6-5-7-17(12-16)22-29-28-20(32-22)14-24-2/h5-7,12-13,15,24H,4,8-11,14H2,1-3H3,(H,25,26,27). The largest absolute Gasteiger partial charge is 0.419 e. The number of benzene rings is 1. The number of ketones is 1. The zero-order valence-corrected chi connectivity index (χ0v) is 18.8. The average Bonchev–Trinajstić information content (AvgIpc) is 3.29. The van der Waals surface area contributed by atoms with E-state index in [0.717, 1.165) is 31.5 Å². The van der Waals surface area contributed by atoms with Crippen molar-refractivity contribution in [2.75, 3.05) is 37.4 Å². The van der Waals surface area contributed by atoms with Crippen molar-refractivity contribution in [2.45, 2.75) is 38.6 Å². The first-order valence-corrected chi connectivity index (χ1v) is 11.0. The Morgan fingerprint density at radius 3 is 2.94 bits per heavy atom. The van der Waals surface area contributed by atoms with Crippen LogP contribution in [-0.4, -0.2) is 53.1 Å². The fraction of sp³-hybridized carbons (Fsp3) is 0.435. The van der Waals surface area contributed by atoms with Gasteiger partial charge in [0.25, 0.3) is 0 Å². The predicted octanol–water partition coefficient (Wildman–Crippen LogP) is 3.26. The average molecular weight is 436 g/mol. The molecule has 168 valence electrons. The maximum atomic E-state index is 13.0. The van der Waals surface area contributed by atoms with Gasteiger partial charge in [-0.05, 0) is 50.4 Å². The van der Waals surface area contributed by atoms with Crippen LogP contribution in [-0.2, 0) is 6.54 Å². The Morgan fingerprint density at radius 1 is 1.25 bits per heavy atom. The van der Waals surface area contributed by atoms with Crippen molar-refractivity contribution >= 4 is 17.5 Å². The summed E-state index contributed by atoms with van der Waals surface area (Å²) in [5.74, 6) is 2.61. The number of rotatable bonds is 6. The highest BCUT2D eigenvalue weighted by molar-refractivity contribution is 6.00. The fourth-order valence-corrected chi connectivity index (χ4v) is 4.00.